The van der Waals surface area contributed by atoms with E-state index in [-0.39, 0.29) is 18.4 Å². The van der Waals surface area contributed by atoms with E-state index in [0.29, 0.717) is 13.0 Å². The highest BCUT2D eigenvalue weighted by Gasteiger charge is 2.23. The van der Waals surface area contributed by atoms with E-state index in [1.165, 1.54) is 12.8 Å². The second-order valence-corrected chi connectivity index (χ2v) is 6.75. The summed E-state index contributed by atoms with van der Waals surface area (Å²) >= 11 is 1.62. The average molecular weight is 305 g/mol. The molecule has 1 aliphatic rings. The van der Waals surface area contributed by atoms with Crippen LogP contribution < -0.4 is 5.32 Å². The van der Waals surface area contributed by atoms with Gasteiger partial charge in [0.15, 0.2) is 0 Å². The van der Waals surface area contributed by atoms with Crippen molar-refractivity contribution in [2.45, 2.75) is 45.6 Å². The summed E-state index contributed by atoms with van der Waals surface area (Å²) in [6.07, 6.45) is 4.88. The molecule has 1 aromatic rings. The minimum Gasteiger partial charge on any atom is -0.395 e. The van der Waals surface area contributed by atoms with Crippen LogP contribution in [0.2, 0.25) is 0 Å². The van der Waals surface area contributed by atoms with Crippen molar-refractivity contribution >= 4 is 17.2 Å². The number of hydrogen-bond donors (Lipinski definition) is 2. The Labute approximate surface area is 130 Å². The van der Waals surface area contributed by atoms with Gasteiger partial charge in [-0.15, -0.1) is 11.3 Å². The summed E-state index contributed by atoms with van der Waals surface area (Å²) in [6, 6.07) is 2.01. The van der Waals surface area contributed by atoms with Crippen molar-refractivity contribution in [2.75, 3.05) is 6.61 Å². The van der Waals surface area contributed by atoms with Gasteiger partial charge in [-0.3, -0.25) is 4.79 Å². The van der Waals surface area contributed by atoms with Gasteiger partial charge in [-0.2, -0.15) is 0 Å². The maximum atomic E-state index is 12.1. The molecule has 0 unspecified atom stereocenters. The van der Waals surface area contributed by atoms with Crippen molar-refractivity contribution in [3.63, 3.8) is 0 Å². The van der Waals surface area contributed by atoms with Crippen molar-refractivity contribution in [3.8, 4) is 11.8 Å². The third-order valence-corrected chi connectivity index (χ3v) is 4.88. The van der Waals surface area contributed by atoms with Gasteiger partial charge in [0, 0.05) is 28.2 Å². The topological polar surface area (TPSA) is 49.3 Å². The molecule has 114 valence electrons. The second kappa shape index (κ2) is 8.21. The largest absolute Gasteiger partial charge is 0.395 e. The number of thiophene rings is 1. The summed E-state index contributed by atoms with van der Waals surface area (Å²) in [4.78, 5) is 13.3. The van der Waals surface area contributed by atoms with Crippen LogP contribution in [0.4, 0.5) is 0 Å². The average Bonchev–Trinajstić information content (AvgIpc) is 2.94. The summed E-state index contributed by atoms with van der Waals surface area (Å²) in [5, 5.41) is 13.7. The van der Waals surface area contributed by atoms with Gasteiger partial charge in [-0.1, -0.05) is 18.8 Å². The van der Waals surface area contributed by atoms with E-state index in [4.69, 9.17) is 5.11 Å². The third kappa shape index (κ3) is 5.18. The molecular weight excluding hydrogens is 282 g/mol. The molecule has 4 heteroatoms. The van der Waals surface area contributed by atoms with E-state index >= 15 is 0 Å². The Bertz CT molecular complexity index is 518. The van der Waals surface area contributed by atoms with Gasteiger partial charge in [-0.05, 0) is 37.7 Å². The molecule has 1 heterocycles. The smallest absolute Gasteiger partial charge is 0.223 e. The fourth-order valence-corrected chi connectivity index (χ4v) is 3.36. The Balaban J connectivity index is 1.78. The van der Waals surface area contributed by atoms with Crippen LogP contribution >= 0.6 is 11.3 Å². The monoisotopic (exact) mass is 305 g/mol. The summed E-state index contributed by atoms with van der Waals surface area (Å²) in [6.45, 7) is 2.95. The number of hydrogen-bond acceptors (Lipinski definition) is 3. The predicted molar refractivity (Wildman–Crippen MR) is 85.9 cm³/mol. The summed E-state index contributed by atoms with van der Waals surface area (Å²) < 4.78 is 0. The zero-order valence-electron chi connectivity index (χ0n) is 12.5. The maximum Gasteiger partial charge on any atom is 0.223 e. The van der Waals surface area contributed by atoms with E-state index in [9.17, 15) is 4.79 Å². The molecule has 1 aromatic heterocycles. The lowest BCUT2D eigenvalue weighted by atomic mass is 9.82. The minimum atomic E-state index is 0.0973. The first kappa shape index (κ1) is 16.1. The Hall–Kier alpha value is -1.31. The summed E-state index contributed by atoms with van der Waals surface area (Å²) in [7, 11) is 0. The van der Waals surface area contributed by atoms with Crippen LogP contribution in [0.25, 0.3) is 0 Å². The van der Waals surface area contributed by atoms with Crippen LogP contribution in [0.3, 0.4) is 0 Å². The molecule has 0 radical (unpaired) electrons. The zero-order valence-corrected chi connectivity index (χ0v) is 13.3. The molecule has 2 N–H and O–H groups in total. The first-order valence-corrected chi connectivity index (χ1v) is 8.52. The van der Waals surface area contributed by atoms with E-state index in [1.807, 2.05) is 11.4 Å². The van der Waals surface area contributed by atoms with Crippen LogP contribution in [-0.2, 0) is 11.3 Å². The SMILES string of the molecule is CC1CCC(C(=O)NCc2cc(C#CCCO)cs2)CC1. The van der Waals surface area contributed by atoms with Crippen molar-refractivity contribution in [2.24, 2.45) is 11.8 Å². The van der Waals surface area contributed by atoms with E-state index in [2.05, 4.69) is 24.1 Å². The number of nitrogens with one attached hydrogen (secondary N) is 1. The summed E-state index contributed by atoms with van der Waals surface area (Å²) in [5.74, 6) is 7.08. The fourth-order valence-electron chi connectivity index (χ4n) is 2.60. The van der Waals surface area contributed by atoms with Crippen molar-refractivity contribution in [1.82, 2.24) is 5.32 Å². The quantitative estimate of drug-likeness (QED) is 0.840. The normalized spacial score (nSPS) is 21.4. The summed E-state index contributed by atoms with van der Waals surface area (Å²) in [5.41, 5.74) is 0.962. The minimum absolute atomic E-state index is 0.0973. The lowest BCUT2D eigenvalue weighted by molar-refractivity contribution is -0.126. The van der Waals surface area contributed by atoms with Gasteiger partial charge >= 0.3 is 0 Å². The molecule has 0 saturated heterocycles. The molecule has 1 saturated carbocycles. The molecule has 0 atom stereocenters. The molecule has 0 aromatic carbocycles. The number of aliphatic hydroxyl groups excluding tert-OH is 1. The molecule has 1 fully saturated rings. The van der Waals surface area contributed by atoms with Crippen LogP contribution in [-0.4, -0.2) is 17.6 Å². The predicted octanol–water partition coefficient (Wildman–Crippen LogP) is 2.92. The maximum absolute atomic E-state index is 12.1. The van der Waals surface area contributed by atoms with Crippen LogP contribution in [0, 0.1) is 23.7 Å². The molecule has 21 heavy (non-hydrogen) atoms. The van der Waals surface area contributed by atoms with Crippen molar-refractivity contribution in [1.29, 1.82) is 0 Å². The highest BCUT2D eigenvalue weighted by Crippen LogP contribution is 2.28. The second-order valence-electron chi connectivity index (χ2n) is 5.75. The molecule has 1 aliphatic carbocycles. The van der Waals surface area contributed by atoms with Gasteiger partial charge in [0.05, 0.1) is 13.2 Å². The lowest BCUT2D eigenvalue weighted by Gasteiger charge is -2.25. The number of carbonyl (C=O) groups excluding carboxylic acids is 1. The Morgan fingerprint density at radius 1 is 1.43 bits per heavy atom. The Morgan fingerprint density at radius 2 is 2.19 bits per heavy atom. The van der Waals surface area contributed by atoms with Gasteiger partial charge in [0.25, 0.3) is 0 Å². The molecule has 1 amide bonds. The van der Waals surface area contributed by atoms with E-state index < -0.39 is 0 Å². The Morgan fingerprint density at radius 3 is 2.90 bits per heavy atom. The van der Waals surface area contributed by atoms with E-state index in [0.717, 1.165) is 29.2 Å². The highest BCUT2D eigenvalue weighted by molar-refractivity contribution is 7.10. The number of aliphatic hydroxyl groups is 1. The van der Waals surface area contributed by atoms with Crippen LogP contribution in [0.5, 0.6) is 0 Å². The number of rotatable bonds is 4. The van der Waals surface area contributed by atoms with Gasteiger partial charge < -0.3 is 10.4 Å². The molecule has 2 rings (SSSR count). The molecular formula is C17H23NO2S. The van der Waals surface area contributed by atoms with E-state index in [1.54, 1.807) is 11.3 Å². The van der Waals surface area contributed by atoms with Gasteiger partial charge in [0.1, 0.15) is 0 Å². The zero-order chi connectivity index (χ0) is 15.1. The third-order valence-electron chi connectivity index (χ3n) is 3.95. The molecule has 0 bridgehead atoms. The van der Waals surface area contributed by atoms with Gasteiger partial charge in [0.2, 0.25) is 5.91 Å². The van der Waals surface area contributed by atoms with Crippen LogP contribution in [0.1, 0.15) is 49.5 Å². The molecule has 0 spiro atoms. The van der Waals surface area contributed by atoms with Crippen molar-refractivity contribution < 1.29 is 9.90 Å². The number of carbonyl (C=O) groups is 1. The number of amides is 1. The van der Waals surface area contributed by atoms with Crippen molar-refractivity contribution in [3.05, 3.63) is 21.9 Å². The standard InChI is InChI=1S/C17H23NO2S/c1-13-5-7-15(8-6-13)17(20)18-11-16-10-14(12-21-16)4-2-3-9-19/h10,12-13,15,19H,3,5-9,11H2,1H3,(H,18,20). The highest BCUT2D eigenvalue weighted by atomic mass is 32.1. The first-order valence-electron chi connectivity index (χ1n) is 7.64. The first-order chi connectivity index (χ1) is 10.2. The lowest BCUT2D eigenvalue weighted by Crippen LogP contribution is -2.32. The van der Waals surface area contributed by atoms with Crippen LogP contribution in [0.15, 0.2) is 11.4 Å². The molecule has 3 nitrogen and oxygen atoms in total. The fraction of sp³-hybridized carbons (Fsp3) is 0.588. The van der Waals surface area contributed by atoms with Gasteiger partial charge in [-0.25, -0.2) is 0 Å². The molecule has 0 aliphatic heterocycles. The Kier molecular flexibility index (Phi) is 6.28.